The lowest BCUT2D eigenvalue weighted by molar-refractivity contribution is 0.157. The Kier molecular flexibility index (Phi) is 4.45. The van der Waals surface area contributed by atoms with Gasteiger partial charge < -0.3 is 20.1 Å². The smallest absolute Gasteiger partial charge is 0.322 e. The number of ether oxygens (including phenoxy) is 2. The first-order valence-corrected chi connectivity index (χ1v) is 5.25. The van der Waals surface area contributed by atoms with Crippen LogP contribution in [-0.2, 0) is 4.74 Å². The highest BCUT2D eigenvalue weighted by Gasteiger charge is 2.19. The standard InChI is InChI=1S/C10H19N5O2/c1-10(2,6-16-4)15-8-12-7(11-3)13-9(14-8)17-5/h6H2,1-5H3,(H2,11,12,13,14,15). The van der Waals surface area contributed by atoms with Gasteiger partial charge in [0.25, 0.3) is 0 Å². The summed E-state index contributed by atoms with van der Waals surface area (Å²) in [7, 11) is 4.90. The Morgan fingerprint density at radius 3 is 2.29 bits per heavy atom. The Hall–Kier alpha value is -1.63. The van der Waals surface area contributed by atoms with E-state index in [0.717, 1.165) is 0 Å². The van der Waals surface area contributed by atoms with E-state index in [-0.39, 0.29) is 11.5 Å². The molecule has 0 aliphatic heterocycles. The molecular weight excluding hydrogens is 222 g/mol. The lowest BCUT2D eigenvalue weighted by atomic mass is 10.1. The van der Waals surface area contributed by atoms with E-state index in [1.807, 2.05) is 13.8 Å². The van der Waals surface area contributed by atoms with Crippen LogP contribution in [0.3, 0.4) is 0 Å². The Balaban J connectivity index is 2.89. The first-order chi connectivity index (χ1) is 8.00. The molecule has 0 unspecified atom stereocenters. The van der Waals surface area contributed by atoms with Gasteiger partial charge in [0, 0.05) is 14.2 Å². The van der Waals surface area contributed by atoms with Crippen LogP contribution in [0.4, 0.5) is 11.9 Å². The van der Waals surface area contributed by atoms with Crippen molar-refractivity contribution in [1.82, 2.24) is 15.0 Å². The fourth-order valence-corrected chi connectivity index (χ4v) is 1.32. The minimum atomic E-state index is -0.272. The SMILES string of the molecule is CNc1nc(NC(C)(C)COC)nc(OC)n1. The average Bonchev–Trinajstić information content (AvgIpc) is 2.27. The van der Waals surface area contributed by atoms with Gasteiger partial charge >= 0.3 is 6.01 Å². The number of hydrogen-bond donors (Lipinski definition) is 2. The molecule has 96 valence electrons. The first-order valence-electron chi connectivity index (χ1n) is 5.25. The number of nitrogens with zero attached hydrogens (tertiary/aromatic N) is 3. The van der Waals surface area contributed by atoms with Gasteiger partial charge in [0.1, 0.15) is 0 Å². The topological polar surface area (TPSA) is 81.2 Å². The zero-order chi connectivity index (χ0) is 12.9. The summed E-state index contributed by atoms with van der Waals surface area (Å²) in [5.41, 5.74) is -0.272. The molecule has 1 aromatic heterocycles. The quantitative estimate of drug-likeness (QED) is 0.760. The van der Waals surface area contributed by atoms with E-state index in [9.17, 15) is 0 Å². The fraction of sp³-hybridized carbons (Fsp3) is 0.700. The molecule has 0 atom stereocenters. The predicted molar refractivity (Wildman–Crippen MR) is 65.5 cm³/mol. The van der Waals surface area contributed by atoms with Crippen LogP contribution in [0.1, 0.15) is 13.8 Å². The van der Waals surface area contributed by atoms with Crippen LogP contribution in [0.5, 0.6) is 6.01 Å². The molecule has 0 amide bonds. The molecule has 0 spiro atoms. The molecule has 0 bridgehead atoms. The van der Waals surface area contributed by atoms with Gasteiger partial charge in [0.05, 0.1) is 19.3 Å². The molecule has 17 heavy (non-hydrogen) atoms. The molecule has 0 radical (unpaired) electrons. The molecule has 1 aromatic rings. The number of methoxy groups -OCH3 is 2. The summed E-state index contributed by atoms with van der Waals surface area (Å²) in [6, 6.07) is 0.264. The van der Waals surface area contributed by atoms with Crippen LogP contribution in [0, 0.1) is 0 Å². The number of aromatic nitrogens is 3. The Bertz CT molecular complexity index is 347. The van der Waals surface area contributed by atoms with E-state index in [4.69, 9.17) is 9.47 Å². The molecule has 1 rings (SSSR count). The molecule has 1 heterocycles. The summed E-state index contributed by atoms with van der Waals surface area (Å²) >= 11 is 0. The number of anilines is 2. The molecular formula is C10H19N5O2. The third-order valence-corrected chi connectivity index (χ3v) is 1.98. The average molecular weight is 241 g/mol. The maximum Gasteiger partial charge on any atom is 0.322 e. The van der Waals surface area contributed by atoms with Gasteiger partial charge in [-0.25, -0.2) is 0 Å². The van der Waals surface area contributed by atoms with E-state index in [1.54, 1.807) is 14.2 Å². The minimum absolute atomic E-state index is 0.264. The van der Waals surface area contributed by atoms with Gasteiger partial charge in [-0.15, -0.1) is 0 Å². The van der Waals surface area contributed by atoms with Crippen molar-refractivity contribution >= 4 is 11.9 Å². The lowest BCUT2D eigenvalue weighted by Crippen LogP contribution is -2.36. The molecule has 0 aromatic carbocycles. The van der Waals surface area contributed by atoms with Crippen molar-refractivity contribution in [3.8, 4) is 6.01 Å². The van der Waals surface area contributed by atoms with Crippen molar-refractivity contribution in [3.63, 3.8) is 0 Å². The van der Waals surface area contributed by atoms with Crippen molar-refractivity contribution < 1.29 is 9.47 Å². The summed E-state index contributed by atoms with van der Waals surface area (Å²) in [6.07, 6.45) is 0. The Morgan fingerprint density at radius 2 is 1.76 bits per heavy atom. The molecule has 2 N–H and O–H groups in total. The van der Waals surface area contributed by atoms with Crippen LogP contribution in [0.15, 0.2) is 0 Å². The van der Waals surface area contributed by atoms with Crippen LogP contribution >= 0.6 is 0 Å². The summed E-state index contributed by atoms with van der Waals surface area (Å²) in [5.74, 6) is 0.899. The van der Waals surface area contributed by atoms with Gasteiger partial charge in [-0.2, -0.15) is 15.0 Å². The zero-order valence-electron chi connectivity index (χ0n) is 10.9. The van der Waals surface area contributed by atoms with E-state index >= 15 is 0 Å². The summed E-state index contributed by atoms with van der Waals surface area (Å²) in [5, 5.41) is 6.01. The third kappa shape index (κ3) is 4.03. The van der Waals surface area contributed by atoms with E-state index < -0.39 is 0 Å². The van der Waals surface area contributed by atoms with Gasteiger partial charge in [0.15, 0.2) is 0 Å². The van der Waals surface area contributed by atoms with Gasteiger partial charge in [-0.3, -0.25) is 0 Å². The van der Waals surface area contributed by atoms with Crippen molar-refractivity contribution in [2.45, 2.75) is 19.4 Å². The second-order valence-electron chi connectivity index (χ2n) is 4.16. The molecule has 7 heteroatoms. The molecule has 0 saturated heterocycles. The van der Waals surface area contributed by atoms with Crippen molar-refractivity contribution in [1.29, 1.82) is 0 Å². The molecule has 0 fully saturated rings. The van der Waals surface area contributed by atoms with Crippen molar-refractivity contribution in [2.24, 2.45) is 0 Å². The predicted octanol–water partition coefficient (Wildman–Crippen LogP) is 0.759. The summed E-state index contributed by atoms with van der Waals surface area (Å²) in [6.45, 7) is 4.52. The highest BCUT2D eigenvalue weighted by molar-refractivity contribution is 5.37. The molecule has 7 nitrogen and oxygen atoms in total. The number of hydrogen-bond acceptors (Lipinski definition) is 7. The lowest BCUT2D eigenvalue weighted by Gasteiger charge is -2.25. The highest BCUT2D eigenvalue weighted by Crippen LogP contribution is 2.15. The third-order valence-electron chi connectivity index (χ3n) is 1.98. The van der Waals surface area contributed by atoms with E-state index in [2.05, 4.69) is 25.6 Å². The van der Waals surface area contributed by atoms with Crippen LogP contribution in [-0.4, -0.2) is 48.4 Å². The monoisotopic (exact) mass is 241 g/mol. The van der Waals surface area contributed by atoms with Crippen LogP contribution < -0.4 is 15.4 Å². The van der Waals surface area contributed by atoms with E-state index in [0.29, 0.717) is 18.5 Å². The molecule has 0 aliphatic rings. The van der Waals surface area contributed by atoms with Gasteiger partial charge in [-0.05, 0) is 13.8 Å². The van der Waals surface area contributed by atoms with E-state index in [1.165, 1.54) is 7.11 Å². The second kappa shape index (κ2) is 5.62. The summed E-state index contributed by atoms with van der Waals surface area (Å²) < 4.78 is 10.1. The first kappa shape index (κ1) is 13.4. The zero-order valence-corrected chi connectivity index (χ0v) is 10.9. The Labute approximate surface area is 101 Å². The highest BCUT2D eigenvalue weighted by atomic mass is 16.5. The van der Waals surface area contributed by atoms with Gasteiger partial charge in [-0.1, -0.05) is 0 Å². The largest absolute Gasteiger partial charge is 0.467 e. The van der Waals surface area contributed by atoms with Crippen LogP contribution in [0.2, 0.25) is 0 Å². The van der Waals surface area contributed by atoms with Crippen molar-refractivity contribution in [2.75, 3.05) is 38.5 Å². The minimum Gasteiger partial charge on any atom is -0.467 e. The van der Waals surface area contributed by atoms with Gasteiger partial charge in [0.2, 0.25) is 11.9 Å². The summed E-state index contributed by atoms with van der Waals surface area (Å²) in [4.78, 5) is 12.3. The molecule has 0 saturated carbocycles. The number of nitrogens with one attached hydrogen (secondary N) is 2. The Morgan fingerprint density at radius 1 is 1.12 bits per heavy atom. The van der Waals surface area contributed by atoms with Crippen molar-refractivity contribution in [3.05, 3.63) is 0 Å². The molecule has 0 aliphatic carbocycles. The normalized spacial score (nSPS) is 11.1. The fourth-order valence-electron chi connectivity index (χ4n) is 1.32. The number of rotatable bonds is 6. The van der Waals surface area contributed by atoms with Crippen LogP contribution in [0.25, 0.3) is 0 Å². The maximum absolute atomic E-state index is 5.11. The second-order valence-corrected chi connectivity index (χ2v) is 4.16. The maximum atomic E-state index is 5.11.